The van der Waals surface area contributed by atoms with Crippen molar-refractivity contribution < 1.29 is 0 Å². The molecule has 4 aliphatic rings. The third kappa shape index (κ3) is 7.15. The van der Waals surface area contributed by atoms with E-state index in [-0.39, 0.29) is 24.8 Å². The zero-order valence-electron chi connectivity index (χ0n) is 17.3. The summed E-state index contributed by atoms with van der Waals surface area (Å²) in [7, 11) is 0. The maximum Gasteiger partial charge on any atom is 0.0124 e. The van der Waals surface area contributed by atoms with Crippen LogP contribution in [-0.2, 0) is 0 Å². The van der Waals surface area contributed by atoms with E-state index in [9.17, 15) is 0 Å². The fourth-order valence-electron chi connectivity index (χ4n) is 6.08. The largest absolute Gasteiger partial charge is 0.315 e. The fraction of sp³-hybridized carbons (Fsp3) is 1.00. The van der Waals surface area contributed by atoms with Crippen LogP contribution in [0, 0.1) is 35.5 Å². The molecule has 0 amide bonds. The van der Waals surface area contributed by atoms with E-state index in [1.807, 2.05) is 0 Å². The number of nitrogens with one attached hydrogen (secondary N) is 2. The van der Waals surface area contributed by atoms with Crippen LogP contribution < -0.4 is 10.6 Å². The molecule has 0 heterocycles. The van der Waals surface area contributed by atoms with E-state index in [1.54, 1.807) is 6.42 Å². The molecule has 0 aromatic heterocycles. The van der Waals surface area contributed by atoms with Crippen molar-refractivity contribution in [3.8, 4) is 0 Å². The van der Waals surface area contributed by atoms with Gasteiger partial charge in [-0.25, -0.2) is 0 Å². The first-order valence-electron chi connectivity index (χ1n) is 11.1. The molecular formula is C22H44Cl2N2. The van der Waals surface area contributed by atoms with E-state index in [1.165, 1.54) is 64.5 Å². The Labute approximate surface area is 175 Å². The number of rotatable bonds is 11. The first-order chi connectivity index (χ1) is 11.6. The molecule has 4 heteroatoms. The zero-order valence-corrected chi connectivity index (χ0v) is 19.0. The Balaban J connectivity index is 0.00000169. The molecule has 2 nitrogen and oxygen atoms in total. The van der Waals surface area contributed by atoms with Crippen molar-refractivity contribution in [1.82, 2.24) is 10.6 Å². The minimum atomic E-state index is 0. The Morgan fingerprint density at radius 3 is 1.92 bits per heavy atom. The third-order valence-corrected chi connectivity index (χ3v) is 7.20. The third-order valence-electron chi connectivity index (χ3n) is 7.20. The predicted octanol–water partition coefficient (Wildman–Crippen LogP) is 5.69. The second kappa shape index (κ2) is 12.1. The van der Waals surface area contributed by atoms with E-state index in [0.717, 1.165) is 48.1 Å². The molecule has 0 spiro atoms. The Hall–Kier alpha value is 0.500. The van der Waals surface area contributed by atoms with Gasteiger partial charge in [0.25, 0.3) is 0 Å². The van der Waals surface area contributed by atoms with Crippen molar-refractivity contribution in [3.63, 3.8) is 0 Å². The second-order valence-electron chi connectivity index (χ2n) is 9.88. The van der Waals surface area contributed by atoms with Gasteiger partial charge >= 0.3 is 0 Å². The second-order valence-corrected chi connectivity index (χ2v) is 9.88. The van der Waals surface area contributed by atoms with Crippen molar-refractivity contribution in [2.45, 2.75) is 84.6 Å². The van der Waals surface area contributed by atoms with Gasteiger partial charge in [0.2, 0.25) is 0 Å². The lowest BCUT2D eigenvalue weighted by Gasteiger charge is -2.54. The van der Waals surface area contributed by atoms with Crippen molar-refractivity contribution in [3.05, 3.63) is 0 Å². The van der Waals surface area contributed by atoms with Gasteiger partial charge in [-0.3, -0.25) is 0 Å². The fourth-order valence-corrected chi connectivity index (χ4v) is 6.08. The van der Waals surface area contributed by atoms with Gasteiger partial charge in [-0.2, -0.15) is 0 Å². The van der Waals surface area contributed by atoms with Crippen molar-refractivity contribution in [2.24, 2.45) is 35.5 Å². The van der Waals surface area contributed by atoms with Crippen LogP contribution in [0.2, 0.25) is 0 Å². The van der Waals surface area contributed by atoms with Gasteiger partial charge in [0.05, 0.1) is 0 Å². The molecule has 0 radical (unpaired) electrons. The van der Waals surface area contributed by atoms with Crippen LogP contribution in [0.5, 0.6) is 0 Å². The Kier molecular flexibility index (Phi) is 11.5. The van der Waals surface area contributed by atoms with Gasteiger partial charge in [-0.1, -0.05) is 40.0 Å². The highest BCUT2D eigenvalue weighted by atomic mass is 35.5. The molecule has 2 N–H and O–H groups in total. The van der Waals surface area contributed by atoms with Gasteiger partial charge in [0.15, 0.2) is 0 Å². The zero-order chi connectivity index (χ0) is 16.9. The topological polar surface area (TPSA) is 24.1 Å². The summed E-state index contributed by atoms with van der Waals surface area (Å²) in [4.78, 5) is 0. The highest BCUT2D eigenvalue weighted by molar-refractivity contribution is 5.85. The lowest BCUT2D eigenvalue weighted by atomic mass is 9.54. The Bertz CT molecular complexity index is 347. The molecule has 0 aliphatic heterocycles. The lowest BCUT2D eigenvalue weighted by Crippen LogP contribution is -2.55. The van der Waals surface area contributed by atoms with Gasteiger partial charge < -0.3 is 10.6 Å². The minimum absolute atomic E-state index is 0. The summed E-state index contributed by atoms with van der Waals surface area (Å²) in [6, 6.07) is 0.856. The highest BCUT2D eigenvalue weighted by Crippen LogP contribution is 2.53. The van der Waals surface area contributed by atoms with E-state index >= 15 is 0 Å². The van der Waals surface area contributed by atoms with Crippen molar-refractivity contribution in [2.75, 3.05) is 19.6 Å². The van der Waals surface area contributed by atoms with Crippen LogP contribution in [0.15, 0.2) is 0 Å². The van der Waals surface area contributed by atoms with Gasteiger partial charge in [-0.05, 0) is 80.6 Å². The first-order valence-corrected chi connectivity index (χ1v) is 11.1. The molecule has 1 atom stereocenters. The van der Waals surface area contributed by atoms with E-state index < -0.39 is 0 Å². The normalized spacial score (nSPS) is 33.0. The molecule has 0 aromatic rings. The standard InChI is InChI=1S/C22H42N2.2ClH/c1-16(2)5-4-6-17(3)7-8-23-9-10-24-22-20-12-18-11-19(14-20)15-21(22)13-18;;/h16-24H,4-15H2,1-3H3;2*1H. The van der Waals surface area contributed by atoms with Crippen LogP contribution in [-0.4, -0.2) is 25.7 Å². The maximum absolute atomic E-state index is 3.94. The summed E-state index contributed by atoms with van der Waals surface area (Å²) < 4.78 is 0. The molecule has 4 saturated carbocycles. The number of hydrogen-bond donors (Lipinski definition) is 2. The summed E-state index contributed by atoms with van der Waals surface area (Å²) in [5.41, 5.74) is 0. The summed E-state index contributed by atoms with van der Waals surface area (Å²) in [6.07, 6.45) is 13.3. The Morgan fingerprint density at radius 2 is 1.35 bits per heavy atom. The summed E-state index contributed by atoms with van der Waals surface area (Å²) in [6.45, 7) is 10.6. The van der Waals surface area contributed by atoms with Gasteiger partial charge in [0.1, 0.15) is 0 Å². The van der Waals surface area contributed by atoms with Crippen molar-refractivity contribution in [1.29, 1.82) is 0 Å². The van der Waals surface area contributed by atoms with Crippen LogP contribution >= 0.6 is 24.8 Å². The van der Waals surface area contributed by atoms with Gasteiger partial charge in [-0.15, -0.1) is 24.8 Å². The highest BCUT2D eigenvalue weighted by Gasteiger charge is 2.47. The molecular weight excluding hydrogens is 363 g/mol. The summed E-state index contributed by atoms with van der Waals surface area (Å²) in [5.74, 6) is 5.98. The molecule has 4 fully saturated rings. The first kappa shape index (κ1) is 24.5. The quantitative estimate of drug-likeness (QED) is 0.430. The Morgan fingerprint density at radius 1 is 0.731 bits per heavy atom. The molecule has 1 unspecified atom stereocenters. The van der Waals surface area contributed by atoms with Crippen LogP contribution in [0.25, 0.3) is 0 Å². The summed E-state index contributed by atoms with van der Waals surface area (Å²) in [5, 5.41) is 7.61. The predicted molar refractivity (Wildman–Crippen MR) is 119 cm³/mol. The molecule has 156 valence electrons. The van der Waals surface area contributed by atoms with Crippen LogP contribution in [0.1, 0.15) is 78.6 Å². The molecule has 4 bridgehead atoms. The van der Waals surface area contributed by atoms with E-state index in [0.29, 0.717) is 0 Å². The van der Waals surface area contributed by atoms with E-state index in [2.05, 4.69) is 31.4 Å². The smallest absolute Gasteiger partial charge is 0.0124 e. The monoisotopic (exact) mass is 406 g/mol. The van der Waals surface area contributed by atoms with Crippen LogP contribution in [0.4, 0.5) is 0 Å². The van der Waals surface area contributed by atoms with Crippen molar-refractivity contribution >= 4 is 24.8 Å². The minimum Gasteiger partial charge on any atom is -0.315 e. The molecule has 4 rings (SSSR count). The maximum atomic E-state index is 3.94. The average Bonchev–Trinajstić information content (AvgIpc) is 2.51. The van der Waals surface area contributed by atoms with Gasteiger partial charge in [0, 0.05) is 19.1 Å². The summed E-state index contributed by atoms with van der Waals surface area (Å²) >= 11 is 0. The number of hydrogen-bond acceptors (Lipinski definition) is 2. The SMILES string of the molecule is CC(C)CCCC(C)CCNCCNC1C2CC3CC(C2)CC1C3.Cl.Cl. The van der Waals surface area contributed by atoms with Crippen LogP contribution in [0.3, 0.4) is 0 Å². The molecule has 4 aliphatic carbocycles. The van der Waals surface area contributed by atoms with E-state index in [4.69, 9.17) is 0 Å². The molecule has 0 aromatic carbocycles. The molecule has 0 saturated heterocycles. The number of halogens is 2. The lowest BCUT2D eigenvalue weighted by molar-refractivity contribution is -0.0133. The molecule has 26 heavy (non-hydrogen) atoms. The average molecular weight is 408 g/mol.